The Hall–Kier alpha value is -7.36. The van der Waals surface area contributed by atoms with E-state index in [1.54, 1.807) is 0 Å². The molecule has 9 rings (SSSR count). The molecule has 0 bridgehead atoms. The van der Waals surface area contributed by atoms with Crippen LogP contribution in [-0.2, 0) is 13.0 Å². The number of aromatic nitrogens is 1. The van der Waals surface area contributed by atoms with E-state index in [2.05, 4.69) is 207 Å². The van der Waals surface area contributed by atoms with E-state index in [0.717, 1.165) is 89.5 Å². The normalized spacial score (nSPS) is 13.9. The second-order valence-corrected chi connectivity index (χ2v) is 14.6. The molecule has 3 heteroatoms. The maximum atomic E-state index is 5.35. The quantitative estimate of drug-likeness (QED) is 0.125. The van der Waals surface area contributed by atoms with Crippen LogP contribution in [0.2, 0.25) is 0 Å². The predicted molar refractivity (Wildman–Crippen MR) is 248 cm³/mol. The lowest BCUT2D eigenvalue weighted by atomic mass is 9.93. The van der Waals surface area contributed by atoms with Crippen molar-refractivity contribution in [1.29, 1.82) is 0 Å². The molecular weight excluding hydrogens is 703 g/mol. The molecule has 0 radical (unpaired) electrons. The van der Waals surface area contributed by atoms with Crippen LogP contribution in [0, 0.1) is 0 Å². The van der Waals surface area contributed by atoms with Crippen LogP contribution < -0.4 is 0 Å². The van der Waals surface area contributed by atoms with Crippen molar-refractivity contribution in [2.75, 3.05) is 0 Å². The highest BCUT2D eigenvalue weighted by Crippen LogP contribution is 2.39. The Balaban J connectivity index is 1.18. The fourth-order valence-corrected chi connectivity index (χ4v) is 8.36. The van der Waals surface area contributed by atoms with E-state index in [-0.39, 0.29) is 0 Å². The molecule has 0 N–H and O–H groups in total. The number of benzene rings is 7. The molecule has 0 aliphatic heterocycles. The summed E-state index contributed by atoms with van der Waals surface area (Å²) in [6.07, 6.45) is 6.93. The minimum absolute atomic E-state index is 0.568. The van der Waals surface area contributed by atoms with E-state index in [9.17, 15) is 0 Å². The standard InChI is InChI=1S/C55H43N3/c1-4-18-52-48(5-2)50-27-15-16-28-53(50)58(52)47-26-17-25-41(35-47)42-29-30-49-45(31-42)36-51(55(49)57-37-38-19-9-6-10-20-38)54(56-3)46-33-43(39-21-11-7-12-22-39)32-44(34-46)40-23-13-8-14-24-40/h4-35H,2-3,36-37H2,1H3/b18-4-,54-51-,57-55?. The topological polar surface area (TPSA) is 29.6 Å². The molecule has 0 atom stereocenters. The van der Waals surface area contributed by atoms with Crippen molar-refractivity contribution in [1.82, 2.24) is 4.57 Å². The summed E-state index contributed by atoms with van der Waals surface area (Å²) in [4.78, 5) is 10.2. The van der Waals surface area contributed by atoms with Crippen LogP contribution in [0.3, 0.4) is 0 Å². The molecule has 278 valence electrons. The summed E-state index contributed by atoms with van der Waals surface area (Å²) in [5.41, 5.74) is 18.8. The van der Waals surface area contributed by atoms with Gasteiger partial charge in [0.15, 0.2) is 0 Å². The molecule has 3 nitrogen and oxygen atoms in total. The zero-order valence-electron chi connectivity index (χ0n) is 32.6. The first-order valence-electron chi connectivity index (χ1n) is 19.8. The molecular formula is C55H43N3. The summed E-state index contributed by atoms with van der Waals surface area (Å²) in [6, 6.07) is 62.6. The highest BCUT2D eigenvalue weighted by molar-refractivity contribution is 6.20. The van der Waals surface area contributed by atoms with Gasteiger partial charge in [-0.3, -0.25) is 9.98 Å². The number of fused-ring (bicyclic) bond motifs is 2. The molecule has 0 saturated heterocycles. The number of aliphatic imine (C=N–C) groups is 2. The summed E-state index contributed by atoms with van der Waals surface area (Å²) in [5.74, 6) is 0. The first-order valence-corrected chi connectivity index (χ1v) is 19.8. The first kappa shape index (κ1) is 36.3. The molecule has 0 saturated carbocycles. The van der Waals surface area contributed by atoms with Crippen molar-refractivity contribution in [2.45, 2.75) is 19.9 Å². The van der Waals surface area contributed by atoms with Gasteiger partial charge in [0.1, 0.15) is 0 Å². The van der Waals surface area contributed by atoms with E-state index in [4.69, 9.17) is 9.98 Å². The zero-order valence-corrected chi connectivity index (χ0v) is 32.6. The second-order valence-electron chi connectivity index (χ2n) is 14.6. The van der Waals surface area contributed by atoms with Gasteiger partial charge in [-0.1, -0.05) is 158 Å². The SMILES string of the molecule is C=Cc1c(/C=C\C)n(-c2cccc(-c3ccc4c(c3)C/C(=C(/N=C)c3cc(-c5ccccc5)cc(-c5ccccc5)c3)C4=NCc3ccccc3)c2)c2ccccc12. The zero-order chi connectivity index (χ0) is 39.4. The van der Waals surface area contributed by atoms with Gasteiger partial charge in [-0.25, -0.2) is 0 Å². The molecule has 1 aromatic heterocycles. The Morgan fingerprint density at radius 1 is 0.638 bits per heavy atom. The number of allylic oxidation sites excluding steroid dienone is 2. The summed E-state index contributed by atoms with van der Waals surface area (Å²) in [6.45, 7) is 11.0. The monoisotopic (exact) mass is 745 g/mol. The van der Waals surface area contributed by atoms with Crippen LogP contribution in [0.25, 0.3) is 67.8 Å². The van der Waals surface area contributed by atoms with Crippen molar-refractivity contribution in [3.63, 3.8) is 0 Å². The third kappa shape index (κ3) is 6.88. The molecule has 1 heterocycles. The van der Waals surface area contributed by atoms with Crippen molar-refractivity contribution in [3.05, 3.63) is 228 Å². The van der Waals surface area contributed by atoms with Gasteiger partial charge in [0, 0.05) is 39.8 Å². The van der Waals surface area contributed by atoms with Gasteiger partial charge in [0.25, 0.3) is 0 Å². The molecule has 1 aliphatic rings. The largest absolute Gasteiger partial charge is 0.309 e. The lowest BCUT2D eigenvalue weighted by Crippen LogP contribution is -2.03. The molecule has 8 aromatic rings. The first-order chi connectivity index (χ1) is 28.6. The predicted octanol–water partition coefficient (Wildman–Crippen LogP) is 14.0. The van der Waals surface area contributed by atoms with Crippen LogP contribution in [0.1, 0.15) is 40.4 Å². The van der Waals surface area contributed by atoms with Crippen LogP contribution in [0.5, 0.6) is 0 Å². The highest BCUT2D eigenvalue weighted by Gasteiger charge is 2.27. The van der Waals surface area contributed by atoms with Crippen molar-refractivity contribution >= 4 is 41.2 Å². The van der Waals surface area contributed by atoms with E-state index in [1.807, 2.05) is 12.1 Å². The Kier molecular flexibility index (Phi) is 10.0. The van der Waals surface area contributed by atoms with Crippen LogP contribution in [0.15, 0.2) is 204 Å². The average Bonchev–Trinajstić information content (AvgIpc) is 3.81. The van der Waals surface area contributed by atoms with E-state index in [0.29, 0.717) is 13.0 Å². The molecule has 7 aromatic carbocycles. The van der Waals surface area contributed by atoms with Crippen molar-refractivity contribution in [3.8, 4) is 39.1 Å². The average molecular weight is 746 g/mol. The van der Waals surface area contributed by atoms with Crippen LogP contribution >= 0.6 is 0 Å². The van der Waals surface area contributed by atoms with Gasteiger partial charge in [-0.05, 0) is 101 Å². The molecule has 0 spiro atoms. The Bertz CT molecular complexity index is 2850. The maximum Gasteiger partial charge on any atom is 0.0752 e. The summed E-state index contributed by atoms with van der Waals surface area (Å²) in [7, 11) is 0. The maximum absolute atomic E-state index is 5.35. The van der Waals surface area contributed by atoms with Gasteiger partial charge < -0.3 is 4.57 Å². The summed E-state index contributed by atoms with van der Waals surface area (Å²) < 4.78 is 2.34. The molecule has 0 fully saturated rings. The Morgan fingerprint density at radius 2 is 1.28 bits per heavy atom. The Labute approximate surface area is 341 Å². The van der Waals surface area contributed by atoms with E-state index < -0.39 is 0 Å². The highest BCUT2D eigenvalue weighted by atomic mass is 15.0. The number of hydrogen-bond acceptors (Lipinski definition) is 2. The fourth-order valence-electron chi connectivity index (χ4n) is 8.36. The number of para-hydroxylation sites is 1. The van der Waals surface area contributed by atoms with Gasteiger partial charge in [-0.15, -0.1) is 0 Å². The van der Waals surface area contributed by atoms with E-state index in [1.165, 1.54) is 10.9 Å². The summed E-state index contributed by atoms with van der Waals surface area (Å²) >= 11 is 0. The molecule has 1 aliphatic carbocycles. The lowest BCUT2D eigenvalue weighted by molar-refractivity contribution is 1.07. The minimum Gasteiger partial charge on any atom is -0.309 e. The smallest absolute Gasteiger partial charge is 0.0752 e. The lowest BCUT2D eigenvalue weighted by Gasteiger charge is -2.14. The van der Waals surface area contributed by atoms with Gasteiger partial charge in [0.2, 0.25) is 0 Å². The molecule has 0 unspecified atom stereocenters. The second kappa shape index (κ2) is 16.0. The van der Waals surface area contributed by atoms with Crippen LogP contribution in [-0.4, -0.2) is 17.0 Å². The third-order valence-corrected chi connectivity index (χ3v) is 11.1. The number of rotatable bonds is 10. The Morgan fingerprint density at radius 3 is 1.95 bits per heavy atom. The van der Waals surface area contributed by atoms with Gasteiger partial charge in [-0.2, -0.15) is 0 Å². The minimum atomic E-state index is 0.568. The molecule has 0 amide bonds. The van der Waals surface area contributed by atoms with Crippen molar-refractivity contribution in [2.24, 2.45) is 9.98 Å². The van der Waals surface area contributed by atoms with Gasteiger partial charge >= 0.3 is 0 Å². The number of hydrogen-bond donors (Lipinski definition) is 0. The van der Waals surface area contributed by atoms with Crippen molar-refractivity contribution < 1.29 is 0 Å². The fraction of sp³-hybridized carbons (Fsp3) is 0.0545. The van der Waals surface area contributed by atoms with Crippen LogP contribution in [0.4, 0.5) is 0 Å². The van der Waals surface area contributed by atoms with E-state index >= 15 is 0 Å². The van der Waals surface area contributed by atoms with Gasteiger partial charge in [0.05, 0.1) is 29.2 Å². The number of nitrogens with zero attached hydrogens (tertiary/aromatic N) is 3. The third-order valence-electron chi connectivity index (χ3n) is 11.1. The molecule has 58 heavy (non-hydrogen) atoms. The summed E-state index contributed by atoms with van der Waals surface area (Å²) in [5, 5.41) is 1.19.